The van der Waals surface area contributed by atoms with Crippen molar-refractivity contribution >= 4 is 17.7 Å². The summed E-state index contributed by atoms with van der Waals surface area (Å²) in [5, 5.41) is 2.79. The van der Waals surface area contributed by atoms with Gasteiger partial charge in [-0.1, -0.05) is 13.0 Å². The third-order valence-electron chi connectivity index (χ3n) is 6.78. The Hall–Kier alpha value is -2.48. The van der Waals surface area contributed by atoms with Crippen LogP contribution in [0.4, 0.5) is 0 Å². The molecule has 1 aromatic heterocycles. The van der Waals surface area contributed by atoms with Gasteiger partial charge in [0.1, 0.15) is 5.41 Å². The number of rotatable bonds is 5. The Kier molecular flexibility index (Phi) is 6.99. The predicted molar refractivity (Wildman–Crippen MR) is 118 cm³/mol. The molecule has 8 nitrogen and oxygen atoms in total. The van der Waals surface area contributed by atoms with E-state index in [1.54, 1.807) is 13.2 Å². The highest BCUT2D eigenvalue weighted by Crippen LogP contribution is 2.38. The van der Waals surface area contributed by atoms with Crippen LogP contribution < -0.4 is 5.32 Å². The molecule has 1 aromatic rings. The average Bonchev–Trinajstić information content (AvgIpc) is 2.78. The molecule has 0 radical (unpaired) electrons. The molecule has 8 heteroatoms. The van der Waals surface area contributed by atoms with E-state index in [0.29, 0.717) is 57.7 Å². The first kappa shape index (κ1) is 23.2. The smallest absolute Gasteiger partial charge is 0.236 e. The van der Waals surface area contributed by atoms with E-state index in [4.69, 9.17) is 0 Å². The molecule has 2 fully saturated rings. The highest BCUT2D eigenvalue weighted by atomic mass is 16.2. The Morgan fingerprint density at radius 3 is 2.39 bits per heavy atom. The fourth-order valence-corrected chi connectivity index (χ4v) is 4.84. The van der Waals surface area contributed by atoms with Crippen molar-refractivity contribution < 1.29 is 14.4 Å². The van der Waals surface area contributed by atoms with Crippen LogP contribution in [0.3, 0.4) is 0 Å². The molecule has 2 aliphatic rings. The summed E-state index contributed by atoms with van der Waals surface area (Å²) in [4.78, 5) is 49.0. The normalized spacial score (nSPS) is 23.5. The lowest BCUT2D eigenvalue weighted by Gasteiger charge is -2.46. The van der Waals surface area contributed by atoms with Crippen LogP contribution in [0.25, 0.3) is 0 Å². The highest BCUT2D eigenvalue weighted by Gasteiger charge is 2.48. The van der Waals surface area contributed by atoms with E-state index in [2.05, 4.69) is 10.3 Å². The van der Waals surface area contributed by atoms with E-state index in [1.807, 2.05) is 53.9 Å². The zero-order valence-electron chi connectivity index (χ0n) is 19.2. The van der Waals surface area contributed by atoms with E-state index < -0.39 is 10.8 Å². The molecule has 1 atom stereocenters. The van der Waals surface area contributed by atoms with Crippen molar-refractivity contribution in [3.63, 3.8) is 0 Å². The lowest BCUT2D eigenvalue weighted by atomic mass is 9.73. The van der Waals surface area contributed by atoms with Gasteiger partial charge in [0.2, 0.25) is 17.7 Å². The number of nitrogens with one attached hydrogen (secondary N) is 1. The molecule has 0 aromatic carbocycles. The fraction of sp³-hybridized carbons (Fsp3) is 0.652. The number of likely N-dealkylation sites (N-methyl/N-ethyl adjacent to an activating group) is 2. The number of amides is 3. The second-order valence-corrected chi connectivity index (χ2v) is 9.39. The molecule has 170 valence electrons. The summed E-state index contributed by atoms with van der Waals surface area (Å²) in [7, 11) is 5.40. The Morgan fingerprint density at radius 2 is 1.81 bits per heavy atom. The van der Waals surface area contributed by atoms with Crippen LogP contribution in [0.2, 0.25) is 0 Å². The van der Waals surface area contributed by atoms with Crippen LogP contribution in [-0.4, -0.2) is 91.3 Å². The Bertz CT molecular complexity index is 805. The molecule has 3 amide bonds. The maximum Gasteiger partial charge on any atom is 0.236 e. The fourth-order valence-electron chi connectivity index (χ4n) is 4.84. The van der Waals surface area contributed by atoms with E-state index in [-0.39, 0.29) is 17.7 Å². The van der Waals surface area contributed by atoms with Gasteiger partial charge in [-0.25, -0.2) is 0 Å². The van der Waals surface area contributed by atoms with Gasteiger partial charge in [-0.2, -0.15) is 0 Å². The summed E-state index contributed by atoms with van der Waals surface area (Å²) >= 11 is 0. The van der Waals surface area contributed by atoms with Crippen molar-refractivity contribution in [2.45, 2.75) is 38.0 Å². The molecule has 0 aliphatic carbocycles. The second kappa shape index (κ2) is 9.34. The van der Waals surface area contributed by atoms with Gasteiger partial charge in [-0.3, -0.25) is 19.4 Å². The molecule has 3 heterocycles. The first-order chi connectivity index (χ1) is 14.7. The Balaban J connectivity index is 1.74. The Morgan fingerprint density at radius 1 is 1.10 bits per heavy atom. The number of hydrogen-bond donors (Lipinski definition) is 1. The lowest BCUT2D eigenvalue weighted by molar-refractivity contribution is -0.150. The van der Waals surface area contributed by atoms with Crippen molar-refractivity contribution in [3.8, 4) is 0 Å². The third-order valence-corrected chi connectivity index (χ3v) is 6.78. The molecule has 0 bridgehead atoms. The number of carbonyl (C=O) groups is 3. The molecule has 2 saturated heterocycles. The van der Waals surface area contributed by atoms with Crippen LogP contribution in [-0.2, 0) is 19.8 Å². The number of nitrogens with zero attached hydrogens (tertiary/aromatic N) is 4. The van der Waals surface area contributed by atoms with Crippen molar-refractivity contribution in [2.24, 2.45) is 5.41 Å². The molecule has 1 N–H and O–H groups in total. The van der Waals surface area contributed by atoms with Crippen molar-refractivity contribution in [2.75, 3.05) is 53.9 Å². The van der Waals surface area contributed by atoms with Gasteiger partial charge in [0.05, 0.1) is 12.2 Å². The van der Waals surface area contributed by atoms with Crippen LogP contribution in [0.15, 0.2) is 24.4 Å². The summed E-state index contributed by atoms with van der Waals surface area (Å²) < 4.78 is 0. The van der Waals surface area contributed by atoms with E-state index in [9.17, 15) is 14.4 Å². The first-order valence-electron chi connectivity index (χ1n) is 11.1. The van der Waals surface area contributed by atoms with Crippen molar-refractivity contribution in [3.05, 3.63) is 30.1 Å². The molecular formula is C23H35N5O3. The number of carbonyl (C=O) groups excluding carboxylic acids is 3. The molecule has 0 unspecified atom stereocenters. The van der Waals surface area contributed by atoms with Crippen molar-refractivity contribution in [1.29, 1.82) is 0 Å². The van der Waals surface area contributed by atoms with Gasteiger partial charge in [-0.15, -0.1) is 0 Å². The largest absolute Gasteiger partial charge is 0.358 e. The molecule has 0 saturated carbocycles. The van der Waals surface area contributed by atoms with Crippen LogP contribution in [0.5, 0.6) is 0 Å². The summed E-state index contributed by atoms with van der Waals surface area (Å²) in [5.74, 6) is 0.0836. The average molecular weight is 430 g/mol. The minimum Gasteiger partial charge on any atom is -0.358 e. The summed E-state index contributed by atoms with van der Waals surface area (Å²) in [6.45, 7) is 4.54. The summed E-state index contributed by atoms with van der Waals surface area (Å²) in [6, 6.07) is 5.59. The van der Waals surface area contributed by atoms with Gasteiger partial charge >= 0.3 is 0 Å². The highest BCUT2D eigenvalue weighted by molar-refractivity contribution is 5.90. The minimum absolute atomic E-state index is 0.0797. The van der Waals surface area contributed by atoms with Crippen LogP contribution in [0, 0.1) is 5.41 Å². The molecule has 31 heavy (non-hydrogen) atoms. The second-order valence-electron chi connectivity index (χ2n) is 9.39. The molecule has 3 rings (SSSR count). The first-order valence-corrected chi connectivity index (χ1v) is 11.1. The van der Waals surface area contributed by atoms with Gasteiger partial charge in [0, 0.05) is 44.8 Å². The molecule has 0 spiro atoms. The third kappa shape index (κ3) is 4.74. The maximum atomic E-state index is 13.6. The number of aromatic nitrogens is 1. The van der Waals surface area contributed by atoms with Gasteiger partial charge in [-0.05, 0) is 51.9 Å². The molecule has 2 aliphatic heterocycles. The monoisotopic (exact) mass is 429 g/mol. The van der Waals surface area contributed by atoms with Gasteiger partial charge < -0.3 is 20.0 Å². The standard InChI is InChI=1S/C23H35N5O3/c1-22(10-14-27(15-11-22)19(29)16-26(3)4)21(31)28-13-7-9-23(17-28,20(30)24-2)18-8-5-6-12-25-18/h5-6,8,12H,7,9-11,13-17H2,1-4H3,(H,24,30)/t23-/m0/s1. The number of piperidine rings is 2. The number of hydrogen-bond acceptors (Lipinski definition) is 5. The quantitative estimate of drug-likeness (QED) is 0.751. The van der Waals surface area contributed by atoms with Crippen LogP contribution >= 0.6 is 0 Å². The Labute approximate surface area is 185 Å². The predicted octanol–water partition coefficient (Wildman–Crippen LogP) is 0.878. The van der Waals surface area contributed by atoms with E-state index in [0.717, 1.165) is 6.42 Å². The van der Waals surface area contributed by atoms with E-state index >= 15 is 0 Å². The SMILES string of the molecule is CNC(=O)[C@@]1(c2ccccn2)CCCN(C(=O)C2(C)CCN(C(=O)CN(C)C)CC2)C1. The number of likely N-dealkylation sites (tertiary alicyclic amines) is 2. The van der Waals surface area contributed by atoms with Gasteiger partial charge in [0.25, 0.3) is 0 Å². The topological polar surface area (TPSA) is 85.9 Å². The summed E-state index contributed by atoms with van der Waals surface area (Å²) in [6.07, 6.45) is 4.38. The molecular weight excluding hydrogens is 394 g/mol. The number of pyridine rings is 1. The zero-order valence-corrected chi connectivity index (χ0v) is 19.2. The summed E-state index contributed by atoms with van der Waals surface area (Å²) in [5.41, 5.74) is -0.644. The zero-order chi connectivity index (χ0) is 22.6. The maximum absolute atomic E-state index is 13.6. The lowest BCUT2D eigenvalue weighted by Crippen LogP contribution is -2.59. The van der Waals surface area contributed by atoms with Crippen LogP contribution in [0.1, 0.15) is 38.3 Å². The van der Waals surface area contributed by atoms with E-state index in [1.165, 1.54) is 0 Å². The minimum atomic E-state index is -0.831. The van der Waals surface area contributed by atoms with Gasteiger partial charge in [0.15, 0.2) is 0 Å². The van der Waals surface area contributed by atoms with Crippen molar-refractivity contribution in [1.82, 2.24) is 25.0 Å².